The van der Waals surface area contributed by atoms with E-state index in [4.69, 9.17) is 14.2 Å². The van der Waals surface area contributed by atoms with Crippen LogP contribution in [0.4, 0.5) is 5.69 Å². The first-order chi connectivity index (χ1) is 9.64. The molecule has 6 nitrogen and oxygen atoms in total. The number of pyridine rings is 1. The second-order valence-corrected chi connectivity index (χ2v) is 4.01. The van der Waals surface area contributed by atoms with Crippen LogP contribution in [-0.2, 0) is 20.7 Å². The third-order valence-electron chi connectivity index (χ3n) is 2.62. The summed E-state index contributed by atoms with van der Waals surface area (Å²) in [6.45, 7) is 3.66. The Morgan fingerprint density at radius 1 is 1.40 bits per heavy atom. The Kier molecular flexibility index (Phi) is 6.69. The van der Waals surface area contributed by atoms with Crippen molar-refractivity contribution in [2.75, 3.05) is 26.6 Å². The van der Waals surface area contributed by atoms with Gasteiger partial charge in [0.1, 0.15) is 5.69 Å². The molecule has 0 atom stereocenters. The van der Waals surface area contributed by atoms with E-state index in [2.05, 4.69) is 16.9 Å². The first kappa shape index (κ1) is 16.1. The molecule has 1 rings (SSSR count). The second-order valence-electron chi connectivity index (χ2n) is 4.01. The number of allylic oxidation sites excluding steroid dienone is 1. The largest absolute Gasteiger partial charge is 0.480 e. The molecule has 0 saturated heterocycles. The molecule has 1 aromatic rings. The van der Waals surface area contributed by atoms with E-state index in [1.165, 1.54) is 21.3 Å². The van der Waals surface area contributed by atoms with Crippen molar-refractivity contribution in [2.24, 2.45) is 0 Å². The molecule has 1 amide bonds. The van der Waals surface area contributed by atoms with Crippen molar-refractivity contribution in [2.45, 2.75) is 19.1 Å². The van der Waals surface area contributed by atoms with Gasteiger partial charge in [-0.05, 0) is 12.1 Å². The fourth-order valence-electron chi connectivity index (χ4n) is 1.61. The van der Waals surface area contributed by atoms with Gasteiger partial charge in [-0.25, -0.2) is 4.98 Å². The fraction of sp³-hybridized carbons (Fsp3) is 0.429. The highest BCUT2D eigenvalue weighted by molar-refractivity contribution is 5.92. The number of carbonyl (C=O) groups excluding carboxylic acids is 1. The number of nitrogens with one attached hydrogen (secondary N) is 1. The number of rotatable bonds is 8. The van der Waals surface area contributed by atoms with Gasteiger partial charge in [0.15, 0.2) is 6.29 Å². The van der Waals surface area contributed by atoms with Crippen molar-refractivity contribution in [3.63, 3.8) is 0 Å². The van der Waals surface area contributed by atoms with Gasteiger partial charge in [-0.3, -0.25) is 4.79 Å². The SMILES string of the molecule is C=CCc1ccc(NC(=O)CC(OC)OC)c(OC)n1. The zero-order chi connectivity index (χ0) is 15.0. The lowest BCUT2D eigenvalue weighted by atomic mass is 10.2. The highest BCUT2D eigenvalue weighted by atomic mass is 16.7. The quantitative estimate of drug-likeness (QED) is 0.580. The van der Waals surface area contributed by atoms with Crippen LogP contribution in [0, 0.1) is 0 Å². The topological polar surface area (TPSA) is 69.7 Å². The zero-order valence-corrected chi connectivity index (χ0v) is 12.0. The summed E-state index contributed by atoms with van der Waals surface area (Å²) in [6.07, 6.45) is 1.90. The molecule has 0 aliphatic rings. The van der Waals surface area contributed by atoms with Gasteiger partial charge in [0.2, 0.25) is 11.8 Å². The standard InChI is InChI=1S/C14H20N2O4/c1-5-6-10-7-8-11(14(15-10)20-4)16-12(17)9-13(18-2)19-3/h5,7-8,13H,1,6,9H2,2-4H3,(H,16,17). The van der Waals surface area contributed by atoms with Crippen LogP contribution in [0.2, 0.25) is 0 Å². The number of aromatic nitrogens is 1. The van der Waals surface area contributed by atoms with Crippen LogP contribution in [0.1, 0.15) is 12.1 Å². The van der Waals surface area contributed by atoms with Gasteiger partial charge >= 0.3 is 0 Å². The molecular weight excluding hydrogens is 260 g/mol. The predicted octanol–water partition coefficient (Wildman–Crippen LogP) is 1.77. The zero-order valence-electron chi connectivity index (χ0n) is 12.0. The van der Waals surface area contributed by atoms with E-state index < -0.39 is 6.29 Å². The molecule has 0 aliphatic carbocycles. The molecule has 0 radical (unpaired) electrons. The summed E-state index contributed by atoms with van der Waals surface area (Å²) in [5, 5.41) is 2.72. The molecule has 6 heteroatoms. The lowest BCUT2D eigenvalue weighted by Gasteiger charge is -2.14. The summed E-state index contributed by atoms with van der Waals surface area (Å²) >= 11 is 0. The smallest absolute Gasteiger partial charge is 0.237 e. The van der Waals surface area contributed by atoms with Gasteiger partial charge in [-0.1, -0.05) is 6.08 Å². The molecule has 0 saturated carbocycles. The van der Waals surface area contributed by atoms with Gasteiger partial charge in [0.25, 0.3) is 0 Å². The van der Waals surface area contributed by atoms with Crippen molar-refractivity contribution in [3.8, 4) is 5.88 Å². The number of hydrogen-bond donors (Lipinski definition) is 1. The minimum absolute atomic E-state index is 0.0879. The minimum Gasteiger partial charge on any atom is -0.480 e. The highest BCUT2D eigenvalue weighted by Gasteiger charge is 2.14. The van der Waals surface area contributed by atoms with Crippen LogP contribution in [0.5, 0.6) is 5.88 Å². The van der Waals surface area contributed by atoms with E-state index in [1.807, 2.05) is 6.07 Å². The number of amides is 1. The minimum atomic E-state index is -0.575. The van der Waals surface area contributed by atoms with Gasteiger partial charge in [0, 0.05) is 26.3 Å². The van der Waals surface area contributed by atoms with Gasteiger partial charge < -0.3 is 19.5 Å². The third kappa shape index (κ3) is 4.64. The van der Waals surface area contributed by atoms with Gasteiger partial charge in [0.05, 0.1) is 13.5 Å². The molecule has 1 heterocycles. The third-order valence-corrected chi connectivity index (χ3v) is 2.62. The highest BCUT2D eigenvalue weighted by Crippen LogP contribution is 2.22. The fourth-order valence-corrected chi connectivity index (χ4v) is 1.61. The molecule has 0 bridgehead atoms. The van der Waals surface area contributed by atoms with E-state index in [1.54, 1.807) is 12.1 Å². The Balaban J connectivity index is 2.76. The van der Waals surface area contributed by atoms with E-state index in [0.717, 1.165) is 5.69 Å². The number of ether oxygens (including phenoxy) is 3. The molecule has 0 spiro atoms. The summed E-state index contributed by atoms with van der Waals surface area (Å²) in [5.74, 6) is 0.124. The summed E-state index contributed by atoms with van der Waals surface area (Å²) in [7, 11) is 4.46. The van der Waals surface area contributed by atoms with Crippen molar-refractivity contribution in [1.82, 2.24) is 4.98 Å². The predicted molar refractivity (Wildman–Crippen MR) is 75.7 cm³/mol. The van der Waals surface area contributed by atoms with Gasteiger partial charge in [-0.15, -0.1) is 6.58 Å². The summed E-state index contributed by atoms with van der Waals surface area (Å²) in [6, 6.07) is 3.56. The average molecular weight is 280 g/mol. The van der Waals surface area contributed by atoms with Crippen LogP contribution in [-0.4, -0.2) is 38.5 Å². The average Bonchev–Trinajstić information content (AvgIpc) is 2.46. The van der Waals surface area contributed by atoms with Crippen LogP contribution in [0.3, 0.4) is 0 Å². The maximum atomic E-state index is 11.8. The normalized spacial score (nSPS) is 10.4. The van der Waals surface area contributed by atoms with E-state index >= 15 is 0 Å². The Hall–Kier alpha value is -1.92. The second kappa shape index (κ2) is 8.29. The monoisotopic (exact) mass is 280 g/mol. The Labute approximate surface area is 118 Å². The number of methoxy groups -OCH3 is 3. The molecule has 110 valence electrons. The Morgan fingerprint density at radius 2 is 2.10 bits per heavy atom. The molecule has 1 aromatic heterocycles. The van der Waals surface area contributed by atoms with Crippen LogP contribution in [0.25, 0.3) is 0 Å². The van der Waals surface area contributed by atoms with Crippen LogP contribution < -0.4 is 10.1 Å². The molecule has 0 fully saturated rings. The maximum Gasteiger partial charge on any atom is 0.237 e. The van der Waals surface area contributed by atoms with E-state index in [9.17, 15) is 4.79 Å². The first-order valence-electron chi connectivity index (χ1n) is 6.14. The molecule has 0 aromatic carbocycles. The van der Waals surface area contributed by atoms with Crippen molar-refractivity contribution in [1.29, 1.82) is 0 Å². The molecule has 0 aliphatic heterocycles. The summed E-state index contributed by atoms with van der Waals surface area (Å²) in [5.41, 5.74) is 1.33. The maximum absolute atomic E-state index is 11.8. The molecule has 0 unspecified atom stereocenters. The number of carbonyl (C=O) groups is 1. The lowest BCUT2D eigenvalue weighted by Crippen LogP contribution is -2.23. The van der Waals surface area contributed by atoms with Crippen LogP contribution in [0.15, 0.2) is 24.8 Å². The number of nitrogens with zero attached hydrogens (tertiary/aromatic N) is 1. The molecule has 20 heavy (non-hydrogen) atoms. The van der Waals surface area contributed by atoms with E-state index in [0.29, 0.717) is 18.0 Å². The summed E-state index contributed by atoms with van der Waals surface area (Å²) in [4.78, 5) is 16.1. The Morgan fingerprint density at radius 3 is 2.65 bits per heavy atom. The molecular formula is C14H20N2O4. The number of hydrogen-bond acceptors (Lipinski definition) is 5. The van der Waals surface area contributed by atoms with Crippen molar-refractivity contribution < 1.29 is 19.0 Å². The number of anilines is 1. The van der Waals surface area contributed by atoms with Crippen molar-refractivity contribution >= 4 is 11.6 Å². The lowest BCUT2D eigenvalue weighted by molar-refractivity contribution is -0.134. The first-order valence-corrected chi connectivity index (χ1v) is 6.14. The molecule has 1 N–H and O–H groups in total. The Bertz CT molecular complexity index is 458. The van der Waals surface area contributed by atoms with Crippen LogP contribution >= 0.6 is 0 Å². The van der Waals surface area contributed by atoms with Crippen molar-refractivity contribution in [3.05, 3.63) is 30.5 Å². The summed E-state index contributed by atoms with van der Waals surface area (Å²) < 4.78 is 15.1. The van der Waals surface area contributed by atoms with E-state index in [-0.39, 0.29) is 12.3 Å². The van der Waals surface area contributed by atoms with Gasteiger partial charge in [-0.2, -0.15) is 0 Å².